The number of nitrogens with one attached hydrogen (secondary N) is 2. The van der Waals surface area contributed by atoms with Crippen molar-refractivity contribution in [1.82, 2.24) is 24.3 Å². The number of hydrogen-bond acceptors (Lipinski definition) is 8. The van der Waals surface area contributed by atoms with Crippen molar-refractivity contribution in [3.63, 3.8) is 0 Å². The first kappa shape index (κ1) is 20.2. The molecule has 0 saturated carbocycles. The van der Waals surface area contributed by atoms with E-state index in [-0.39, 0.29) is 0 Å². The lowest BCUT2D eigenvalue weighted by molar-refractivity contribution is 0.201. The van der Waals surface area contributed by atoms with Gasteiger partial charge in [-0.05, 0) is 31.0 Å². The van der Waals surface area contributed by atoms with Crippen LogP contribution in [0.25, 0.3) is 5.65 Å². The second-order valence-electron chi connectivity index (χ2n) is 7.74. The Balaban J connectivity index is 1.43. The van der Waals surface area contributed by atoms with Crippen LogP contribution in [0.4, 0.5) is 29.1 Å². The molecule has 9 heteroatoms. The topological polar surface area (TPSA) is 92.5 Å². The molecule has 1 aliphatic heterocycles. The van der Waals surface area contributed by atoms with Gasteiger partial charge in [-0.2, -0.15) is 9.97 Å². The van der Waals surface area contributed by atoms with Crippen LogP contribution in [0.1, 0.15) is 18.5 Å². The standard InChI is InChI=1S/C23H26N8O/c1-32-14-8-17-5-4-6-19(25-17)27-23-28-20(16-22(29-23)30-10-2-3-11-30)26-18-7-12-31-13-9-24-21(31)15-18/h4-7,9,12-13,15-16H,2-3,8,10-11,14H2,1H3,(H2,25,26,27,28,29). The zero-order chi connectivity index (χ0) is 21.8. The molecule has 4 aromatic heterocycles. The van der Waals surface area contributed by atoms with Gasteiger partial charge in [0.05, 0.1) is 6.61 Å². The van der Waals surface area contributed by atoms with Gasteiger partial charge in [0.1, 0.15) is 23.1 Å². The van der Waals surface area contributed by atoms with Crippen LogP contribution in [0.3, 0.4) is 0 Å². The van der Waals surface area contributed by atoms with Crippen LogP contribution in [-0.4, -0.2) is 51.1 Å². The zero-order valence-corrected chi connectivity index (χ0v) is 18.0. The maximum Gasteiger partial charge on any atom is 0.232 e. The maximum atomic E-state index is 5.17. The largest absolute Gasteiger partial charge is 0.384 e. The summed E-state index contributed by atoms with van der Waals surface area (Å²) in [4.78, 5) is 20.8. The summed E-state index contributed by atoms with van der Waals surface area (Å²) in [5.41, 5.74) is 2.75. The minimum atomic E-state index is 0.509. The Morgan fingerprint density at radius 2 is 1.88 bits per heavy atom. The van der Waals surface area contributed by atoms with E-state index in [1.165, 1.54) is 12.8 Å². The summed E-state index contributed by atoms with van der Waals surface area (Å²) in [6, 6.07) is 11.9. The molecule has 0 aliphatic carbocycles. The number of methoxy groups -OCH3 is 1. The third kappa shape index (κ3) is 4.62. The molecule has 0 bridgehead atoms. The van der Waals surface area contributed by atoms with Crippen LogP contribution >= 0.6 is 0 Å². The van der Waals surface area contributed by atoms with Crippen molar-refractivity contribution in [2.24, 2.45) is 0 Å². The van der Waals surface area contributed by atoms with Crippen LogP contribution in [-0.2, 0) is 11.2 Å². The molecule has 1 aliphatic rings. The zero-order valence-electron chi connectivity index (χ0n) is 18.0. The summed E-state index contributed by atoms with van der Waals surface area (Å²) in [6.45, 7) is 2.63. The fraction of sp³-hybridized carbons (Fsp3) is 0.304. The van der Waals surface area contributed by atoms with Crippen molar-refractivity contribution in [3.8, 4) is 0 Å². The number of rotatable bonds is 8. The molecular weight excluding hydrogens is 404 g/mol. The van der Waals surface area contributed by atoms with Gasteiger partial charge >= 0.3 is 0 Å². The monoisotopic (exact) mass is 430 g/mol. The van der Waals surface area contributed by atoms with Gasteiger partial charge in [0, 0.05) is 68.7 Å². The first-order valence-corrected chi connectivity index (χ1v) is 10.8. The highest BCUT2D eigenvalue weighted by atomic mass is 16.5. The number of imidazole rings is 1. The van der Waals surface area contributed by atoms with E-state index >= 15 is 0 Å². The number of anilines is 5. The van der Waals surface area contributed by atoms with Gasteiger partial charge in [0.2, 0.25) is 5.95 Å². The Kier molecular flexibility index (Phi) is 5.80. The normalized spacial score (nSPS) is 13.6. The van der Waals surface area contributed by atoms with Crippen molar-refractivity contribution in [3.05, 3.63) is 60.7 Å². The molecule has 2 N–H and O–H groups in total. The summed E-state index contributed by atoms with van der Waals surface area (Å²) in [6.07, 6.45) is 8.78. The number of ether oxygens (including phenoxy) is 1. The molecule has 164 valence electrons. The molecule has 1 saturated heterocycles. The van der Waals surface area contributed by atoms with E-state index in [4.69, 9.17) is 14.7 Å². The Labute approximate surface area is 186 Å². The van der Waals surface area contributed by atoms with Crippen LogP contribution in [0, 0.1) is 0 Å². The average molecular weight is 431 g/mol. The fourth-order valence-corrected chi connectivity index (χ4v) is 3.81. The third-order valence-corrected chi connectivity index (χ3v) is 5.42. The minimum absolute atomic E-state index is 0.509. The Bertz CT molecular complexity index is 1200. The molecule has 9 nitrogen and oxygen atoms in total. The van der Waals surface area contributed by atoms with Crippen molar-refractivity contribution >= 4 is 34.7 Å². The van der Waals surface area contributed by atoms with E-state index in [9.17, 15) is 0 Å². The Hall–Kier alpha value is -3.72. The quantitative estimate of drug-likeness (QED) is 0.436. The second-order valence-corrected chi connectivity index (χ2v) is 7.74. The van der Waals surface area contributed by atoms with Crippen molar-refractivity contribution < 1.29 is 4.74 Å². The van der Waals surface area contributed by atoms with Gasteiger partial charge in [-0.15, -0.1) is 0 Å². The molecule has 0 aromatic carbocycles. The van der Waals surface area contributed by atoms with Crippen molar-refractivity contribution in [1.29, 1.82) is 0 Å². The minimum Gasteiger partial charge on any atom is -0.384 e. The smallest absolute Gasteiger partial charge is 0.232 e. The molecule has 0 amide bonds. The van der Waals surface area contributed by atoms with Crippen molar-refractivity contribution in [2.75, 3.05) is 42.3 Å². The van der Waals surface area contributed by atoms with E-state index in [0.29, 0.717) is 18.4 Å². The lowest BCUT2D eigenvalue weighted by atomic mass is 10.3. The molecule has 32 heavy (non-hydrogen) atoms. The van der Waals surface area contributed by atoms with Gasteiger partial charge in [-0.25, -0.2) is 9.97 Å². The molecular formula is C23H26N8O. The van der Waals surface area contributed by atoms with Crippen LogP contribution in [0.5, 0.6) is 0 Å². The lowest BCUT2D eigenvalue weighted by Crippen LogP contribution is -2.20. The number of nitrogens with zero attached hydrogens (tertiary/aromatic N) is 6. The first-order valence-electron chi connectivity index (χ1n) is 10.8. The van der Waals surface area contributed by atoms with Gasteiger partial charge in [-0.3, -0.25) is 0 Å². The number of aromatic nitrogens is 5. The van der Waals surface area contributed by atoms with E-state index in [1.54, 1.807) is 13.3 Å². The SMILES string of the molecule is COCCc1cccc(Nc2nc(Nc3ccn4ccnc4c3)cc(N3CCCC3)n2)n1. The second kappa shape index (κ2) is 9.19. The predicted molar refractivity (Wildman–Crippen MR) is 125 cm³/mol. The van der Waals surface area contributed by atoms with E-state index in [2.05, 4.69) is 25.5 Å². The highest BCUT2D eigenvalue weighted by Gasteiger charge is 2.16. The number of hydrogen-bond donors (Lipinski definition) is 2. The molecule has 0 spiro atoms. The summed E-state index contributed by atoms with van der Waals surface area (Å²) >= 11 is 0. The average Bonchev–Trinajstić information content (AvgIpc) is 3.50. The molecule has 0 unspecified atom stereocenters. The Morgan fingerprint density at radius 3 is 2.75 bits per heavy atom. The highest BCUT2D eigenvalue weighted by molar-refractivity contribution is 5.65. The fourth-order valence-electron chi connectivity index (χ4n) is 3.81. The maximum absolute atomic E-state index is 5.17. The number of fused-ring (bicyclic) bond motifs is 1. The molecule has 4 aromatic rings. The van der Waals surface area contributed by atoms with E-state index in [1.807, 2.05) is 53.2 Å². The summed E-state index contributed by atoms with van der Waals surface area (Å²) in [5, 5.41) is 6.69. The first-order chi connectivity index (χ1) is 15.8. The van der Waals surface area contributed by atoms with E-state index < -0.39 is 0 Å². The summed E-state index contributed by atoms with van der Waals surface area (Å²) < 4.78 is 7.13. The molecule has 5 heterocycles. The van der Waals surface area contributed by atoms with Crippen LogP contribution < -0.4 is 15.5 Å². The summed E-state index contributed by atoms with van der Waals surface area (Å²) in [5.74, 6) is 2.84. The van der Waals surface area contributed by atoms with Crippen LogP contribution in [0.2, 0.25) is 0 Å². The highest BCUT2D eigenvalue weighted by Crippen LogP contribution is 2.26. The third-order valence-electron chi connectivity index (χ3n) is 5.42. The molecule has 0 radical (unpaired) electrons. The predicted octanol–water partition coefficient (Wildman–Crippen LogP) is 3.80. The van der Waals surface area contributed by atoms with Gasteiger partial charge in [-0.1, -0.05) is 6.07 Å². The molecule has 0 atom stereocenters. The molecule has 1 fully saturated rings. The van der Waals surface area contributed by atoms with E-state index in [0.717, 1.165) is 48.2 Å². The summed E-state index contributed by atoms with van der Waals surface area (Å²) in [7, 11) is 1.69. The molecule has 5 rings (SSSR count). The lowest BCUT2D eigenvalue weighted by Gasteiger charge is -2.19. The number of pyridine rings is 2. The van der Waals surface area contributed by atoms with Crippen LogP contribution in [0.15, 0.2) is 55.0 Å². The van der Waals surface area contributed by atoms with Gasteiger partial charge < -0.3 is 24.7 Å². The Morgan fingerprint density at radius 1 is 0.969 bits per heavy atom. The van der Waals surface area contributed by atoms with Crippen molar-refractivity contribution in [2.45, 2.75) is 19.3 Å². The van der Waals surface area contributed by atoms with Gasteiger partial charge in [0.15, 0.2) is 0 Å². The van der Waals surface area contributed by atoms with Gasteiger partial charge in [0.25, 0.3) is 0 Å².